The summed E-state index contributed by atoms with van der Waals surface area (Å²) >= 11 is 0. The predicted molar refractivity (Wildman–Crippen MR) is 127 cm³/mol. The SMILES string of the molecule is Cc1c(C)c2c(c(C)c1OCCCCC(=O)O)CCC(C)(C=CCCCCCCC#N)O2. The van der Waals surface area contributed by atoms with E-state index in [1.54, 1.807) is 0 Å². The third kappa shape index (κ3) is 7.29. The highest BCUT2D eigenvalue weighted by Gasteiger charge is 2.32. The van der Waals surface area contributed by atoms with Crippen LogP contribution in [0.15, 0.2) is 12.2 Å². The van der Waals surface area contributed by atoms with E-state index in [9.17, 15) is 4.79 Å². The van der Waals surface area contributed by atoms with Gasteiger partial charge in [0.1, 0.15) is 17.1 Å². The molecule has 1 aromatic rings. The fourth-order valence-electron chi connectivity index (χ4n) is 4.29. The van der Waals surface area contributed by atoms with E-state index >= 15 is 0 Å². The van der Waals surface area contributed by atoms with E-state index in [1.165, 1.54) is 12.0 Å². The quantitative estimate of drug-likeness (QED) is 0.270. The minimum atomic E-state index is -0.758. The number of benzene rings is 1. The minimum Gasteiger partial charge on any atom is -0.493 e. The molecule has 1 atom stereocenters. The molecule has 0 saturated carbocycles. The van der Waals surface area contributed by atoms with E-state index < -0.39 is 5.97 Å². The van der Waals surface area contributed by atoms with Gasteiger partial charge in [0.05, 0.1) is 12.7 Å². The van der Waals surface area contributed by atoms with Crippen molar-refractivity contribution in [3.8, 4) is 17.6 Å². The first-order chi connectivity index (χ1) is 15.3. The van der Waals surface area contributed by atoms with Gasteiger partial charge in [-0.15, -0.1) is 0 Å². The number of unbranched alkanes of at least 4 members (excludes halogenated alkanes) is 6. The van der Waals surface area contributed by atoms with Gasteiger partial charge in [0.25, 0.3) is 0 Å². The Bertz CT molecular complexity index is 852. The van der Waals surface area contributed by atoms with Crippen molar-refractivity contribution in [3.05, 3.63) is 34.4 Å². The number of nitrogens with zero attached hydrogens (tertiary/aromatic N) is 1. The van der Waals surface area contributed by atoms with Crippen LogP contribution in [0.1, 0.15) is 93.4 Å². The van der Waals surface area contributed by atoms with E-state index in [2.05, 4.69) is 45.9 Å². The molecule has 5 nitrogen and oxygen atoms in total. The number of hydrogen-bond donors (Lipinski definition) is 1. The Morgan fingerprint density at radius 2 is 1.88 bits per heavy atom. The molecule has 5 heteroatoms. The number of fused-ring (bicyclic) bond motifs is 1. The average molecular weight is 442 g/mol. The van der Waals surface area contributed by atoms with Gasteiger partial charge in [-0.1, -0.05) is 18.9 Å². The van der Waals surface area contributed by atoms with Crippen LogP contribution in [0.3, 0.4) is 0 Å². The molecule has 0 aliphatic carbocycles. The Kier molecular flexibility index (Phi) is 10.1. The Morgan fingerprint density at radius 1 is 1.12 bits per heavy atom. The highest BCUT2D eigenvalue weighted by molar-refractivity contribution is 5.66. The second kappa shape index (κ2) is 12.5. The molecule has 1 unspecified atom stereocenters. The van der Waals surface area contributed by atoms with Crippen LogP contribution in [0.4, 0.5) is 0 Å². The first-order valence-electron chi connectivity index (χ1n) is 12.0. The fourth-order valence-corrected chi connectivity index (χ4v) is 4.29. The van der Waals surface area contributed by atoms with Gasteiger partial charge in [-0.25, -0.2) is 0 Å². The average Bonchev–Trinajstić information content (AvgIpc) is 2.75. The van der Waals surface area contributed by atoms with E-state index in [-0.39, 0.29) is 12.0 Å². The summed E-state index contributed by atoms with van der Waals surface area (Å²) in [5, 5.41) is 17.4. The lowest BCUT2D eigenvalue weighted by molar-refractivity contribution is -0.137. The zero-order valence-electron chi connectivity index (χ0n) is 20.3. The van der Waals surface area contributed by atoms with Crippen LogP contribution < -0.4 is 9.47 Å². The first kappa shape index (κ1) is 25.8. The smallest absolute Gasteiger partial charge is 0.303 e. The molecule has 0 radical (unpaired) electrons. The van der Waals surface area contributed by atoms with Gasteiger partial charge in [0.15, 0.2) is 0 Å². The summed E-state index contributed by atoms with van der Waals surface area (Å²) in [7, 11) is 0. The number of ether oxygens (including phenoxy) is 2. The molecule has 32 heavy (non-hydrogen) atoms. The zero-order chi connectivity index (χ0) is 23.6. The highest BCUT2D eigenvalue weighted by Crippen LogP contribution is 2.44. The Hall–Kier alpha value is -2.48. The summed E-state index contributed by atoms with van der Waals surface area (Å²) in [6.07, 6.45) is 14.1. The number of carboxylic acids is 1. The third-order valence-electron chi connectivity index (χ3n) is 6.43. The van der Waals surface area contributed by atoms with Crippen LogP contribution in [0.5, 0.6) is 11.5 Å². The highest BCUT2D eigenvalue weighted by atomic mass is 16.5. The van der Waals surface area contributed by atoms with Gasteiger partial charge in [-0.05, 0) is 95.4 Å². The molecular formula is C27H39NO4. The summed E-state index contributed by atoms with van der Waals surface area (Å²) in [5.74, 6) is 1.16. The van der Waals surface area contributed by atoms with Crippen LogP contribution >= 0.6 is 0 Å². The molecule has 176 valence electrons. The van der Waals surface area contributed by atoms with Crippen molar-refractivity contribution in [1.29, 1.82) is 5.26 Å². The van der Waals surface area contributed by atoms with Gasteiger partial charge in [0.2, 0.25) is 0 Å². The molecule has 0 fully saturated rings. The second-order valence-corrected chi connectivity index (χ2v) is 9.14. The van der Waals surface area contributed by atoms with Crippen molar-refractivity contribution in [3.63, 3.8) is 0 Å². The van der Waals surface area contributed by atoms with Gasteiger partial charge < -0.3 is 14.6 Å². The largest absolute Gasteiger partial charge is 0.493 e. The standard InChI is InChI=1S/C27H39NO4/c1-20-21(2)26-23(22(3)25(20)31-19-13-10-14-24(29)30)15-17-27(4,32-26)16-11-8-6-5-7-9-12-18-28/h11,16H,5-10,12-15,17,19H2,1-4H3,(H,29,30). The lowest BCUT2D eigenvalue weighted by atomic mass is 9.86. The van der Waals surface area contributed by atoms with Gasteiger partial charge in [-0.2, -0.15) is 5.26 Å². The molecule has 0 spiro atoms. The minimum absolute atomic E-state index is 0.186. The molecule has 1 aliphatic heterocycles. The Labute approximate surface area is 193 Å². The summed E-state index contributed by atoms with van der Waals surface area (Å²) in [5.41, 5.74) is 4.31. The van der Waals surface area contributed by atoms with Crippen molar-refractivity contribution in [2.75, 3.05) is 6.61 Å². The van der Waals surface area contributed by atoms with E-state index in [0.29, 0.717) is 19.4 Å². The molecule has 0 aromatic heterocycles. The molecule has 1 aliphatic rings. The molecule has 0 saturated heterocycles. The topological polar surface area (TPSA) is 79.5 Å². The summed E-state index contributed by atoms with van der Waals surface area (Å²) in [6.45, 7) is 8.97. The number of nitriles is 1. The predicted octanol–water partition coefficient (Wildman–Crippen LogP) is 6.75. The third-order valence-corrected chi connectivity index (χ3v) is 6.43. The number of hydrogen-bond acceptors (Lipinski definition) is 4. The molecular weight excluding hydrogens is 402 g/mol. The van der Waals surface area contributed by atoms with Crippen LogP contribution in [0, 0.1) is 32.1 Å². The van der Waals surface area contributed by atoms with E-state index in [4.69, 9.17) is 19.8 Å². The molecule has 2 rings (SSSR count). The molecule has 0 amide bonds. The van der Waals surface area contributed by atoms with Crippen LogP contribution in [0.25, 0.3) is 0 Å². The molecule has 1 aromatic carbocycles. The van der Waals surface area contributed by atoms with E-state index in [0.717, 1.165) is 73.1 Å². The summed E-state index contributed by atoms with van der Waals surface area (Å²) in [6, 6.07) is 2.20. The Morgan fingerprint density at radius 3 is 2.59 bits per heavy atom. The van der Waals surface area contributed by atoms with Crippen LogP contribution in [-0.2, 0) is 11.2 Å². The summed E-state index contributed by atoms with van der Waals surface area (Å²) in [4.78, 5) is 10.7. The van der Waals surface area contributed by atoms with Gasteiger partial charge in [-0.3, -0.25) is 4.79 Å². The number of allylic oxidation sites excluding steroid dienone is 1. The first-order valence-corrected chi connectivity index (χ1v) is 12.0. The van der Waals surface area contributed by atoms with Crippen molar-refractivity contribution in [1.82, 2.24) is 0 Å². The molecule has 1 N–H and O–H groups in total. The van der Waals surface area contributed by atoms with Gasteiger partial charge in [0, 0.05) is 18.4 Å². The normalized spacial score (nSPS) is 17.6. The number of carbonyl (C=O) groups is 1. The monoisotopic (exact) mass is 441 g/mol. The lowest BCUT2D eigenvalue weighted by Gasteiger charge is -2.36. The number of rotatable bonds is 13. The van der Waals surface area contributed by atoms with Crippen molar-refractivity contribution in [2.45, 2.75) is 104 Å². The van der Waals surface area contributed by atoms with Crippen molar-refractivity contribution in [2.24, 2.45) is 0 Å². The summed E-state index contributed by atoms with van der Waals surface area (Å²) < 4.78 is 12.6. The maximum absolute atomic E-state index is 10.7. The van der Waals surface area contributed by atoms with Crippen molar-refractivity contribution < 1.29 is 19.4 Å². The van der Waals surface area contributed by atoms with Crippen molar-refractivity contribution >= 4 is 5.97 Å². The Balaban J connectivity index is 1.98. The lowest BCUT2D eigenvalue weighted by Crippen LogP contribution is -2.35. The maximum Gasteiger partial charge on any atom is 0.303 e. The zero-order valence-corrected chi connectivity index (χ0v) is 20.3. The van der Waals surface area contributed by atoms with Crippen LogP contribution in [-0.4, -0.2) is 23.3 Å². The molecule has 0 bridgehead atoms. The fraction of sp³-hybridized carbons (Fsp3) is 0.630. The number of aliphatic carboxylic acids is 1. The molecule has 1 heterocycles. The maximum atomic E-state index is 10.7. The van der Waals surface area contributed by atoms with Gasteiger partial charge >= 0.3 is 5.97 Å². The van der Waals surface area contributed by atoms with E-state index in [1.807, 2.05) is 0 Å². The number of carboxylic acid groups (broad SMARTS) is 1. The second-order valence-electron chi connectivity index (χ2n) is 9.14. The van der Waals surface area contributed by atoms with Crippen LogP contribution in [0.2, 0.25) is 0 Å².